The van der Waals surface area contributed by atoms with Crippen LogP contribution in [0.25, 0.3) is 16.7 Å². The van der Waals surface area contributed by atoms with Crippen LogP contribution in [0.2, 0.25) is 0 Å². The third kappa shape index (κ3) is 4.45. The Morgan fingerprint density at radius 1 is 0.882 bits per heavy atom. The summed E-state index contributed by atoms with van der Waals surface area (Å²) in [4.78, 5) is 27.0. The molecule has 6 heteroatoms. The molecule has 3 N–H and O–H groups in total. The third-order valence-electron chi connectivity index (χ3n) is 6.09. The molecule has 0 saturated heterocycles. The fraction of sp³-hybridized carbons (Fsp3) is 0.357. The summed E-state index contributed by atoms with van der Waals surface area (Å²) in [5.41, 5.74) is 1.29. The predicted octanol–water partition coefficient (Wildman–Crippen LogP) is 6.14. The molecule has 6 nitrogen and oxygen atoms in total. The molecule has 0 aliphatic heterocycles. The number of carbonyl (C=O) groups is 1. The summed E-state index contributed by atoms with van der Waals surface area (Å²) >= 11 is 0. The molecule has 0 fully saturated rings. The molecule has 180 valence electrons. The van der Waals surface area contributed by atoms with E-state index in [1.54, 1.807) is 0 Å². The van der Waals surface area contributed by atoms with Gasteiger partial charge in [-0.25, -0.2) is 0 Å². The minimum Gasteiger partial charge on any atom is -0.507 e. The summed E-state index contributed by atoms with van der Waals surface area (Å²) in [5.74, 6) is -1.47. The Labute approximate surface area is 199 Å². The van der Waals surface area contributed by atoms with Gasteiger partial charge in [-0.15, -0.1) is 0 Å². The number of phenols is 2. The van der Waals surface area contributed by atoms with Gasteiger partial charge in [-0.3, -0.25) is 9.59 Å². The number of phenolic OH excluding ortho intramolecular Hbond substituents is 2. The maximum absolute atomic E-state index is 13.6. The van der Waals surface area contributed by atoms with Crippen molar-refractivity contribution in [3.05, 3.63) is 74.2 Å². The Morgan fingerprint density at radius 2 is 1.44 bits per heavy atom. The van der Waals surface area contributed by atoms with Gasteiger partial charge >= 0.3 is 0 Å². The molecule has 0 spiro atoms. The van der Waals surface area contributed by atoms with E-state index in [1.807, 2.05) is 59.8 Å². The lowest BCUT2D eigenvalue weighted by Gasteiger charge is -2.33. The van der Waals surface area contributed by atoms with Crippen LogP contribution in [0.5, 0.6) is 11.5 Å². The number of aliphatic hydroxyl groups excluding tert-OH is 1. The molecular weight excluding hydrogens is 432 g/mol. The van der Waals surface area contributed by atoms with Gasteiger partial charge in [0, 0.05) is 17.7 Å². The first kappa shape index (κ1) is 25.1. The first-order chi connectivity index (χ1) is 15.9. The van der Waals surface area contributed by atoms with Crippen molar-refractivity contribution < 1.29 is 24.5 Å². The number of hydrogen-bond donors (Lipinski definition) is 3. The molecule has 1 aromatic heterocycles. The van der Waals surface area contributed by atoms with Crippen molar-refractivity contribution in [2.24, 2.45) is 0 Å². The van der Waals surface area contributed by atoms with Crippen LogP contribution in [0, 0.1) is 0 Å². The monoisotopic (exact) mass is 464 g/mol. The van der Waals surface area contributed by atoms with Crippen LogP contribution in [-0.4, -0.2) is 21.1 Å². The molecule has 0 bridgehead atoms. The zero-order valence-corrected chi connectivity index (χ0v) is 20.6. The third-order valence-corrected chi connectivity index (χ3v) is 6.09. The SMILES string of the molecule is CC(C)=CCc1c(O)cc(O)c2c(=O)c3c(oc12)C(CC=C(C)C)(CC=C(C)C)C(=O)C=C3O. The standard InChI is InChI=1S/C28H32O6/c1-15(2)7-8-18-19(29)13-20(30)23-25(33)24-21(31)14-22(32)28(11-9-16(3)4,12-10-17(5)6)27(24)34-26(18)23/h7,9-10,13-14,29-31H,8,11-12H2,1-6H3. The second-order valence-electron chi connectivity index (χ2n) is 9.67. The van der Waals surface area contributed by atoms with Gasteiger partial charge in [0.05, 0.1) is 5.41 Å². The molecule has 1 aromatic carbocycles. The molecule has 0 atom stereocenters. The lowest BCUT2D eigenvalue weighted by atomic mass is 9.69. The molecule has 1 aliphatic carbocycles. The van der Waals surface area contributed by atoms with Crippen molar-refractivity contribution >= 4 is 22.5 Å². The van der Waals surface area contributed by atoms with Gasteiger partial charge in [0.2, 0.25) is 5.43 Å². The van der Waals surface area contributed by atoms with Gasteiger partial charge < -0.3 is 19.7 Å². The van der Waals surface area contributed by atoms with E-state index in [1.165, 1.54) is 0 Å². The molecule has 0 unspecified atom stereocenters. The van der Waals surface area contributed by atoms with E-state index in [0.29, 0.717) is 5.56 Å². The summed E-state index contributed by atoms with van der Waals surface area (Å²) in [7, 11) is 0. The number of carbonyl (C=O) groups excluding carboxylic acids is 1. The average molecular weight is 465 g/mol. The van der Waals surface area contributed by atoms with Crippen molar-refractivity contribution in [1.82, 2.24) is 0 Å². The lowest BCUT2D eigenvalue weighted by Crippen LogP contribution is -2.39. The molecule has 3 rings (SSSR count). The zero-order chi connectivity index (χ0) is 25.4. The van der Waals surface area contributed by atoms with Crippen LogP contribution in [0.4, 0.5) is 0 Å². The summed E-state index contributed by atoms with van der Waals surface area (Å²) in [5, 5.41) is 31.6. The summed E-state index contributed by atoms with van der Waals surface area (Å²) < 4.78 is 6.28. The summed E-state index contributed by atoms with van der Waals surface area (Å²) in [6.45, 7) is 11.5. The molecule has 34 heavy (non-hydrogen) atoms. The maximum Gasteiger partial charge on any atom is 0.207 e. The van der Waals surface area contributed by atoms with E-state index < -0.39 is 22.4 Å². The van der Waals surface area contributed by atoms with E-state index in [0.717, 1.165) is 28.9 Å². The fourth-order valence-corrected chi connectivity index (χ4v) is 4.13. The van der Waals surface area contributed by atoms with Crippen LogP contribution in [0.3, 0.4) is 0 Å². The van der Waals surface area contributed by atoms with Gasteiger partial charge in [-0.2, -0.15) is 0 Å². The highest BCUT2D eigenvalue weighted by Crippen LogP contribution is 2.45. The van der Waals surface area contributed by atoms with Crippen LogP contribution in [-0.2, 0) is 16.6 Å². The van der Waals surface area contributed by atoms with Crippen molar-refractivity contribution in [2.75, 3.05) is 0 Å². The smallest absolute Gasteiger partial charge is 0.207 e. The number of benzene rings is 1. The molecule has 1 heterocycles. The highest BCUT2D eigenvalue weighted by Gasteiger charge is 2.46. The van der Waals surface area contributed by atoms with E-state index in [9.17, 15) is 24.9 Å². The number of aromatic hydroxyl groups is 2. The van der Waals surface area contributed by atoms with Gasteiger partial charge in [-0.05, 0) is 60.8 Å². The van der Waals surface area contributed by atoms with E-state index in [4.69, 9.17) is 4.42 Å². The molecular formula is C28H32O6. The fourth-order valence-electron chi connectivity index (χ4n) is 4.13. The Balaban J connectivity index is 2.50. The molecule has 0 amide bonds. The van der Waals surface area contributed by atoms with Crippen molar-refractivity contribution in [2.45, 2.75) is 66.2 Å². The van der Waals surface area contributed by atoms with E-state index in [-0.39, 0.29) is 53.1 Å². The number of fused-ring (bicyclic) bond motifs is 2. The lowest BCUT2D eigenvalue weighted by molar-refractivity contribution is -0.120. The second-order valence-corrected chi connectivity index (χ2v) is 9.67. The summed E-state index contributed by atoms with van der Waals surface area (Å²) in [6.07, 6.45) is 7.54. The molecule has 2 aromatic rings. The first-order valence-electron chi connectivity index (χ1n) is 11.3. The van der Waals surface area contributed by atoms with Gasteiger partial charge in [-0.1, -0.05) is 34.9 Å². The second kappa shape index (κ2) is 9.37. The Kier molecular flexibility index (Phi) is 6.92. The minimum absolute atomic E-state index is 0.0139. The quantitative estimate of drug-likeness (QED) is 0.443. The average Bonchev–Trinajstić information content (AvgIpc) is 2.71. The predicted molar refractivity (Wildman–Crippen MR) is 134 cm³/mol. The van der Waals surface area contributed by atoms with Crippen LogP contribution in [0.1, 0.15) is 71.3 Å². The van der Waals surface area contributed by atoms with E-state index in [2.05, 4.69) is 0 Å². The topological polar surface area (TPSA) is 108 Å². The Morgan fingerprint density at radius 3 is 1.97 bits per heavy atom. The van der Waals surface area contributed by atoms with Crippen molar-refractivity contribution in [3.8, 4) is 11.5 Å². The highest BCUT2D eigenvalue weighted by molar-refractivity contribution is 6.07. The number of hydrogen-bond acceptors (Lipinski definition) is 6. The van der Waals surface area contributed by atoms with Crippen molar-refractivity contribution in [3.63, 3.8) is 0 Å². The Hall–Kier alpha value is -3.54. The van der Waals surface area contributed by atoms with Crippen molar-refractivity contribution in [1.29, 1.82) is 0 Å². The number of aliphatic hydroxyl groups is 1. The maximum atomic E-state index is 13.6. The molecule has 1 aliphatic rings. The minimum atomic E-state index is -1.25. The number of rotatable bonds is 6. The first-order valence-corrected chi connectivity index (χ1v) is 11.3. The van der Waals surface area contributed by atoms with Crippen LogP contribution in [0.15, 0.2) is 56.3 Å². The number of ketones is 1. The van der Waals surface area contributed by atoms with Gasteiger partial charge in [0.25, 0.3) is 0 Å². The molecule has 0 radical (unpaired) electrons. The molecule has 0 saturated carbocycles. The van der Waals surface area contributed by atoms with Gasteiger partial charge in [0.1, 0.15) is 39.6 Å². The Bertz CT molecular complexity index is 1320. The zero-order valence-electron chi connectivity index (χ0n) is 20.6. The van der Waals surface area contributed by atoms with E-state index >= 15 is 0 Å². The van der Waals surface area contributed by atoms with Crippen LogP contribution < -0.4 is 5.43 Å². The largest absolute Gasteiger partial charge is 0.507 e. The number of allylic oxidation sites excluding steroid dienone is 7. The summed E-state index contributed by atoms with van der Waals surface area (Å²) in [6, 6.07) is 1.11. The van der Waals surface area contributed by atoms with Crippen LogP contribution >= 0.6 is 0 Å². The highest BCUT2D eigenvalue weighted by atomic mass is 16.3. The van der Waals surface area contributed by atoms with Gasteiger partial charge in [0.15, 0.2) is 5.78 Å². The normalized spacial score (nSPS) is 14.3.